The predicted molar refractivity (Wildman–Crippen MR) is 43.5 cm³/mol. The van der Waals surface area contributed by atoms with Gasteiger partial charge in [-0.25, -0.2) is 15.3 Å². The summed E-state index contributed by atoms with van der Waals surface area (Å²) < 4.78 is 5.15. The van der Waals surface area contributed by atoms with E-state index in [0.717, 1.165) is 0 Å². The monoisotopic (exact) mass is 185 g/mol. The summed E-state index contributed by atoms with van der Waals surface area (Å²) in [6.45, 7) is 3.45. The molecule has 0 saturated carbocycles. The molecule has 2 amide bonds. The SMILES string of the molecule is Cc1cnc(C(C)ONC(N)=O)o1. The van der Waals surface area contributed by atoms with E-state index in [1.165, 1.54) is 0 Å². The number of hydrogen-bond acceptors (Lipinski definition) is 4. The highest BCUT2D eigenvalue weighted by Gasteiger charge is 2.12. The van der Waals surface area contributed by atoms with Crippen molar-refractivity contribution in [1.82, 2.24) is 10.5 Å². The number of amides is 2. The van der Waals surface area contributed by atoms with Crippen molar-refractivity contribution < 1.29 is 14.0 Å². The second-order valence-corrected chi connectivity index (χ2v) is 2.54. The highest BCUT2D eigenvalue weighted by Crippen LogP contribution is 2.14. The first-order valence-electron chi connectivity index (χ1n) is 3.73. The number of hydrogen-bond donors (Lipinski definition) is 2. The van der Waals surface area contributed by atoms with Crippen molar-refractivity contribution in [3.63, 3.8) is 0 Å². The number of carbonyl (C=O) groups excluding carboxylic acids is 1. The van der Waals surface area contributed by atoms with Crippen LogP contribution in [0.15, 0.2) is 10.6 Å². The van der Waals surface area contributed by atoms with E-state index < -0.39 is 12.1 Å². The van der Waals surface area contributed by atoms with Gasteiger partial charge in [-0.3, -0.25) is 4.84 Å². The van der Waals surface area contributed by atoms with Gasteiger partial charge in [0, 0.05) is 0 Å². The minimum atomic E-state index is -0.755. The Kier molecular flexibility index (Phi) is 2.86. The average Bonchev–Trinajstić information content (AvgIpc) is 2.47. The first-order valence-corrected chi connectivity index (χ1v) is 3.73. The molecule has 0 spiro atoms. The lowest BCUT2D eigenvalue weighted by atomic mass is 10.4. The Morgan fingerprint density at radius 1 is 1.85 bits per heavy atom. The summed E-state index contributed by atoms with van der Waals surface area (Å²) in [6.07, 6.45) is 1.11. The van der Waals surface area contributed by atoms with E-state index in [0.29, 0.717) is 11.7 Å². The number of carbonyl (C=O) groups is 1. The summed E-state index contributed by atoms with van der Waals surface area (Å²) >= 11 is 0. The van der Waals surface area contributed by atoms with Crippen LogP contribution in [0.3, 0.4) is 0 Å². The van der Waals surface area contributed by atoms with Crippen LogP contribution in [0.1, 0.15) is 24.7 Å². The van der Waals surface area contributed by atoms with Gasteiger partial charge in [0.15, 0.2) is 6.10 Å². The molecule has 3 N–H and O–H groups in total. The number of primary amides is 1. The molecule has 0 aliphatic rings. The van der Waals surface area contributed by atoms with E-state index in [4.69, 9.17) is 15.0 Å². The molecule has 0 aliphatic carbocycles. The topological polar surface area (TPSA) is 90.4 Å². The minimum Gasteiger partial charge on any atom is -0.443 e. The highest BCUT2D eigenvalue weighted by molar-refractivity contribution is 5.70. The second kappa shape index (κ2) is 3.90. The number of hydroxylamine groups is 1. The molecule has 1 rings (SSSR count). The Bertz CT molecular complexity index is 297. The second-order valence-electron chi connectivity index (χ2n) is 2.54. The zero-order valence-corrected chi connectivity index (χ0v) is 7.40. The van der Waals surface area contributed by atoms with Gasteiger partial charge >= 0.3 is 6.03 Å². The third-order valence-corrected chi connectivity index (χ3v) is 1.32. The number of urea groups is 1. The molecule has 1 aromatic heterocycles. The van der Waals surface area contributed by atoms with Gasteiger partial charge in [0.2, 0.25) is 5.89 Å². The third-order valence-electron chi connectivity index (χ3n) is 1.32. The summed E-state index contributed by atoms with van der Waals surface area (Å²) in [5.74, 6) is 1.08. The van der Waals surface area contributed by atoms with Crippen molar-refractivity contribution in [1.29, 1.82) is 0 Å². The molecular formula is C7H11N3O3. The van der Waals surface area contributed by atoms with E-state index in [9.17, 15) is 4.79 Å². The van der Waals surface area contributed by atoms with Crippen LogP contribution in [0.25, 0.3) is 0 Å². The molecule has 0 radical (unpaired) electrons. The maximum Gasteiger partial charge on any atom is 0.336 e. The number of nitrogens with one attached hydrogen (secondary N) is 1. The van der Waals surface area contributed by atoms with E-state index in [1.807, 2.05) is 5.48 Å². The number of nitrogens with zero attached hydrogens (tertiary/aromatic N) is 1. The normalized spacial score (nSPS) is 12.5. The Labute approximate surface area is 75.0 Å². The molecule has 0 aromatic carbocycles. The Balaban J connectivity index is 2.48. The molecule has 0 fully saturated rings. The summed E-state index contributed by atoms with van der Waals surface area (Å²) in [5, 5.41) is 0. The first-order chi connectivity index (χ1) is 6.09. The highest BCUT2D eigenvalue weighted by atomic mass is 16.7. The largest absolute Gasteiger partial charge is 0.443 e. The van der Waals surface area contributed by atoms with Crippen molar-refractivity contribution in [2.45, 2.75) is 20.0 Å². The lowest BCUT2D eigenvalue weighted by molar-refractivity contribution is -0.00723. The molecule has 72 valence electrons. The molecule has 6 nitrogen and oxygen atoms in total. The molecular weight excluding hydrogens is 174 g/mol. The third kappa shape index (κ3) is 2.75. The van der Waals surface area contributed by atoms with Crippen LogP contribution in [-0.2, 0) is 4.84 Å². The van der Waals surface area contributed by atoms with Crippen LogP contribution in [0.2, 0.25) is 0 Å². The smallest absolute Gasteiger partial charge is 0.336 e. The lowest BCUT2D eigenvalue weighted by Crippen LogP contribution is -2.30. The lowest BCUT2D eigenvalue weighted by Gasteiger charge is -2.07. The maximum absolute atomic E-state index is 10.3. The van der Waals surface area contributed by atoms with Crippen LogP contribution >= 0.6 is 0 Å². The van der Waals surface area contributed by atoms with Gasteiger partial charge in [0.1, 0.15) is 5.76 Å². The minimum absolute atomic E-state index is 0.395. The zero-order chi connectivity index (χ0) is 9.84. The van der Waals surface area contributed by atoms with E-state index in [1.54, 1.807) is 20.0 Å². The Morgan fingerprint density at radius 2 is 2.54 bits per heavy atom. The van der Waals surface area contributed by atoms with Gasteiger partial charge in [0.05, 0.1) is 6.20 Å². The molecule has 1 atom stereocenters. The van der Waals surface area contributed by atoms with Crippen LogP contribution in [0, 0.1) is 6.92 Å². The van der Waals surface area contributed by atoms with Crippen molar-refractivity contribution in [3.05, 3.63) is 17.8 Å². The fraction of sp³-hybridized carbons (Fsp3) is 0.429. The molecule has 1 unspecified atom stereocenters. The van der Waals surface area contributed by atoms with Crippen LogP contribution in [-0.4, -0.2) is 11.0 Å². The zero-order valence-electron chi connectivity index (χ0n) is 7.40. The van der Waals surface area contributed by atoms with Gasteiger partial charge in [-0.2, -0.15) is 0 Å². The first kappa shape index (κ1) is 9.53. The van der Waals surface area contributed by atoms with Gasteiger partial charge in [0.25, 0.3) is 0 Å². The number of rotatable bonds is 3. The van der Waals surface area contributed by atoms with E-state index in [2.05, 4.69) is 4.98 Å². The fourth-order valence-corrected chi connectivity index (χ4v) is 0.757. The predicted octanol–water partition coefficient (Wildman–Crippen LogP) is 0.644. The van der Waals surface area contributed by atoms with Gasteiger partial charge < -0.3 is 10.2 Å². The number of oxazole rings is 1. The maximum atomic E-state index is 10.3. The van der Waals surface area contributed by atoms with Crippen LogP contribution in [0.5, 0.6) is 0 Å². The number of nitrogens with two attached hydrogens (primary N) is 1. The summed E-state index contributed by atoms with van der Waals surface area (Å²) in [5.41, 5.74) is 6.79. The average molecular weight is 185 g/mol. The van der Waals surface area contributed by atoms with Crippen LogP contribution < -0.4 is 11.2 Å². The van der Waals surface area contributed by atoms with Crippen LogP contribution in [0.4, 0.5) is 4.79 Å². The van der Waals surface area contributed by atoms with Gasteiger partial charge in [-0.15, -0.1) is 0 Å². The Hall–Kier alpha value is -1.56. The molecule has 0 aliphatic heterocycles. The molecule has 13 heavy (non-hydrogen) atoms. The quantitative estimate of drug-likeness (QED) is 0.676. The molecule has 1 heterocycles. The van der Waals surface area contributed by atoms with Crippen molar-refractivity contribution in [3.8, 4) is 0 Å². The molecule has 6 heteroatoms. The molecule has 0 bridgehead atoms. The standard InChI is InChI=1S/C7H11N3O3/c1-4-3-9-6(12-4)5(2)13-10-7(8)11/h3,5H,1-2H3,(H3,8,10,11). The van der Waals surface area contributed by atoms with Crippen molar-refractivity contribution in [2.24, 2.45) is 5.73 Å². The van der Waals surface area contributed by atoms with E-state index >= 15 is 0 Å². The van der Waals surface area contributed by atoms with Gasteiger partial charge in [-0.05, 0) is 13.8 Å². The Morgan fingerprint density at radius 3 is 3.00 bits per heavy atom. The van der Waals surface area contributed by atoms with Crippen molar-refractivity contribution >= 4 is 6.03 Å². The van der Waals surface area contributed by atoms with Crippen molar-refractivity contribution in [2.75, 3.05) is 0 Å². The molecule has 0 saturated heterocycles. The van der Waals surface area contributed by atoms with E-state index in [-0.39, 0.29) is 0 Å². The summed E-state index contributed by atoms with van der Waals surface area (Å²) in [7, 11) is 0. The number of aromatic nitrogens is 1. The van der Waals surface area contributed by atoms with Gasteiger partial charge in [-0.1, -0.05) is 0 Å². The summed E-state index contributed by atoms with van der Waals surface area (Å²) in [4.78, 5) is 19.0. The molecule has 1 aromatic rings. The fourth-order valence-electron chi connectivity index (χ4n) is 0.757. The summed E-state index contributed by atoms with van der Waals surface area (Å²) in [6, 6.07) is -0.755. The number of aryl methyl sites for hydroxylation is 1.